The average Bonchev–Trinajstić information content (AvgIpc) is 3.17. The Bertz CT molecular complexity index is 998. The first-order valence-electron chi connectivity index (χ1n) is 9.85. The van der Waals surface area contributed by atoms with Crippen molar-refractivity contribution in [2.75, 3.05) is 44.5 Å². The number of benzene rings is 1. The quantitative estimate of drug-likeness (QED) is 0.247. The van der Waals surface area contributed by atoms with E-state index in [4.69, 9.17) is 9.47 Å². The Morgan fingerprint density at radius 2 is 2.03 bits per heavy atom. The van der Waals surface area contributed by atoms with Gasteiger partial charge in [0.2, 0.25) is 0 Å². The number of rotatable bonds is 12. The minimum Gasteiger partial charge on any atom is -0.484 e. The number of methoxy groups -OCH3 is 1. The minimum absolute atomic E-state index is 0.154. The summed E-state index contributed by atoms with van der Waals surface area (Å²) in [5.41, 5.74) is 0.697. The van der Waals surface area contributed by atoms with Crippen molar-refractivity contribution in [3.8, 4) is 5.75 Å². The van der Waals surface area contributed by atoms with Crippen LogP contribution >= 0.6 is 11.8 Å². The van der Waals surface area contributed by atoms with Gasteiger partial charge in [-0.15, -0.1) is 0 Å². The maximum Gasteiger partial charge on any atom is 0.258 e. The second-order valence-corrected chi connectivity index (χ2v) is 7.64. The second-order valence-electron chi connectivity index (χ2n) is 6.40. The van der Waals surface area contributed by atoms with Gasteiger partial charge in [-0.2, -0.15) is 5.10 Å². The molecule has 166 valence electrons. The Hall–Kier alpha value is -2.92. The lowest BCUT2D eigenvalue weighted by atomic mass is 10.3. The Morgan fingerprint density at radius 1 is 1.23 bits per heavy atom. The summed E-state index contributed by atoms with van der Waals surface area (Å²) >= 11 is 1.55. The molecular formula is C20H25FN6O3S. The molecule has 3 aromatic rings. The zero-order valence-corrected chi connectivity index (χ0v) is 18.2. The van der Waals surface area contributed by atoms with Crippen molar-refractivity contribution in [3.05, 3.63) is 36.3 Å². The Kier molecular flexibility index (Phi) is 8.42. The number of thioether (sulfide) groups is 1. The topological polar surface area (TPSA) is 103 Å². The number of fused-ring (bicyclic) bond motifs is 1. The maximum absolute atomic E-state index is 12.9. The summed E-state index contributed by atoms with van der Waals surface area (Å²) in [6.45, 7) is 3.86. The van der Waals surface area contributed by atoms with Gasteiger partial charge < -0.3 is 20.1 Å². The molecule has 0 aliphatic rings. The standard InChI is InChI=1S/C20H25FN6O3S/c1-3-31-20-25-18(23-9-11-29-2)16-12-24-27(19(16)26-20)10-8-22-17(28)13-30-15-6-4-14(21)5-7-15/h4-7,12H,3,8-11,13H2,1-2H3,(H,22,28)(H,23,25,26). The minimum atomic E-state index is -0.357. The van der Waals surface area contributed by atoms with Gasteiger partial charge in [0.05, 0.1) is 24.7 Å². The Labute approximate surface area is 183 Å². The molecule has 0 spiro atoms. The lowest BCUT2D eigenvalue weighted by Gasteiger charge is -2.10. The van der Waals surface area contributed by atoms with Crippen LogP contribution in [-0.4, -0.2) is 64.8 Å². The average molecular weight is 449 g/mol. The van der Waals surface area contributed by atoms with Crippen LogP contribution in [0.1, 0.15) is 6.92 Å². The normalized spacial score (nSPS) is 10.9. The molecular weight excluding hydrogens is 423 g/mol. The van der Waals surface area contributed by atoms with E-state index in [0.717, 1.165) is 11.1 Å². The van der Waals surface area contributed by atoms with Crippen molar-refractivity contribution in [1.29, 1.82) is 0 Å². The fraction of sp³-hybridized carbons (Fsp3) is 0.400. The van der Waals surface area contributed by atoms with Gasteiger partial charge in [-0.1, -0.05) is 18.7 Å². The number of nitrogens with one attached hydrogen (secondary N) is 2. The molecule has 2 heterocycles. The fourth-order valence-electron chi connectivity index (χ4n) is 2.73. The van der Waals surface area contributed by atoms with Crippen LogP contribution in [0.3, 0.4) is 0 Å². The number of halogens is 1. The van der Waals surface area contributed by atoms with Gasteiger partial charge in [0.1, 0.15) is 17.4 Å². The molecule has 11 heteroatoms. The maximum atomic E-state index is 12.9. The van der Waals surface area contributed by atoms with Crippen molar-refractivity contribution in [1.82, 2.24) is 25.1 Å². The summed E-state index contributed by atoms with van der Waals surface area (Å²) in [5.74, 6) is 1.35. The second kappa shape index (κ2) is 11.5. The van der Waals surface area contributed by atoms with Gasteiger partial charge in [0.25, 0.3) is 5.91 Å². The predicted molar refractivity (Wildman–Crippen MR) is 117 cm³/mol. The summed E-state index contributed by atoms with van der Waals surface area (Å²) in [6.07, 6.45) is 1.71. The summed E-state index contributed by atoms with van der Waals surface area (Å²) in [4.78, 5) is 21.2. The molecule has 1 aromatic carbocycles. The lowest BCUT2D eigenvalue weighted by molar-refractivity contribution is -0.123. The van der Waals surface area contributed by atoms with Crippen molar-refractivity contribution < 1.29 is 18.7 Å². The molecule has 0 aliphatic heterocycles. The first-order valence-corrected chi connectivity index (χ1v) is 10.8. The van der Waals surface area contributed by atoms with E-state index in [2.05, 4.69) is 25.7 Å². The number of hydrogen-bond donors (Lipinski definition) is 2. The molecule has 0 bridgehead atoms. The first-order chi connectivity index (χ1) is 15.1. The largest absolute Gasteiger partial charge is 0.484 e. The van der Waals surface area contributed by atoms with Gasteiger partial charge in [-0.3, -0.25) is 4.79 Å². The van der Waals surface area contributed by atoms with Crippen LogP contribution in [0, 0.1) is 5.82 Å². The van der Waals surface area contributed by atoms with Crippen molar-refractivity contribution >= 4 is 34.5 Å². The monoisotopic (exact) mass is 448 g/mol. The molecule has 0 unspecified atom stereocenters. The van der Waals surface area contributed by atoms with Crippen molar-refractivity contribution in [3.63, 3.8) is 0 Å². The highest BCUT2D eigenvalue weighted by atomic mass is 32.2. The van der Waals surface area contributed by atoms with Crippen LogP contribution in [-0.2, 0) is 16.1 Å². The van der Waals surface area contributed by atoms with Gasteiger partial charge in [-0.25, -0.2) is 19.0 Å². The third kappa shape index (κ3) is 6.53. The number of aromatic nitrogens is 4. The number of nitrogens with zero attached hydrogens (tertiary/aromatic N) is 4. The smallest absolute Gasteiger partial charge is 0.258 e. The molecule has 0 atom stereocenters. The fourth-order valence-corrected chi connectivity index (χ4v) is 3.30. The van der Waals surface area contributed by atoms with Gasteiger partial charge in [-0.05, 0) is 30.0 Å². The van der Waals surface area contributed by atoms with Crippen LogP contribution in [0.4, 0.5) is 10.2 Å². The summed E-state index contributed by atoms with van der Waals surface area (Å²) in [6, 6.07) is 5.51. The van der Waals surface area contributed by atoms with Crippen LogP contribution < -0.4 is 15.4 Å². The van der Waals surface area contributed by atoms with E-state index in [-0.39, 0.29) is 18.3 Å². The van der Waals surface area contributed by atoms with Gasteiger partial charge in [0, 0.05) is 20.2 Å². The number of amides is 1. The number of carbonyl (C=O) groups is 1. The third-order valence-corrected chi connectivity index (χ3v) is 4.91. The molecule has 0 saturated heterocycles. The van der Waals surface area contributed by atoms with E-state index in [1.54, 1.807) is 29.8 Å². The van der Waals surface area contributed by atoms with Crippen LogP contribution in [0.15, 0.2) is 35.6 Å². The zero-order chi connectivity index (χ0) is 22.1. The predicted octanol–water partition coefficient (Wildman–Crippen LogP) is 2.33. The van der Waals surface area contributed by atoms with E-state index >= 15 is 0 Å². The number of anilines is 1. The molecule has 9 nitrogen and oxygen atoms in total. The van der Waals surface area contributed by atoms with Crippen molar-refractivity contribution in [2.24, 2.45) is 0 Å². The van der Waals surface area contributed by atoms with Gasteiger partial charge >= 0.3 is 0 Å². The van der Waals surface area contributed by atoms with E-state index in [0.29, 0.717) is 48.6 Å². The van der Waals surface area contributed by atoms with E-state index in [1.165, 1.54) is 24.3 Å². The zero-order valence-electron chi connectivity index (χ0n) is 17.4. The number of ether oxygens (including phenoxy) is 2. The van der Waals surface area contributed by atoms with E-state index < -0.39 is 0 Å². The summed E-state index contributed by atoms with van der Waals surface area (Å²) in [5, 5.41) is 11.9. The first kappa shape index (κ1) is 22.8. The molecule has 31 heavy (non-hydrogen) atoms. The molecule has 0 saturated carbocycles. The molecule has 2 N–H and O–H groups in total. The lowest BCUT2D eigenvalue weighted by Crippen LogP contribution is -2.31. The van der Waals surface area contributed by atoms with Crippen LogP contribution in [0.5, 0.6) is 5.75 Å². The van der Waals surface area contributed by atoms with E-state index in [1.807, 2.05) is 6.92 Å². The van der Waals surface area contributed by atoms with E-state index in [9.17, 15) is 9.18 Å². The summed E-state index contributed by atoms with van der Waals surface area (Å²) < 4.78 is 25.1. The molecule has 0 radical (unpaired) electrons. The Balaban J connectivity index is 1.59. The molecule has 1 amide bonds. The van der Waals surface area contributed by atoms with Crippen LogP contribution in [0.2, 0.25) is 0 Å². The summed E-state index contributed by atoms with van der Waals surface area (Å²) in [7, 11) is 1.65. The van der Waals surface area contributed by atoms with Crippen molar-refractivity contribution in [2.45, 2.75) is 18.6 Å². The third-order valence-electron chi connectivity index (χ3n) is 4.18. The SMILES string of the molecule is CCSc1nc(NCCOC)c2cnn(CCNC(=O)COc3ccc(F)cc3)c2n1. The number of carbonyl (C=O) groups excluding carboxylic acids is 1. The molecule has 0 aliphatic carbocycles. The number of hydrogen-bond acceptors (Lipinski definition) is 8. The van der Waals surface area contributed by atoms with Gasteiger partial charge in [0.15, 0.2) is 17.4 Å². The van der Waals surface area contributed by atoms with Crippen LogP contribution in [0.25, 0.3) is 11.0 Å². The Morgan fingerprint density at radius 3 is 2.77 bits per heavy atom. The molecule has 2 aromatic heterocycles. The highest BCUT2D eigenvalue weighted by Crippen LogP contribution is 2.24. The molecule has 0 fully saturated rings. The highest BCUT2D eigenvalue weighted by molar-refractivity contribution is 7.99. The highest BCUT2D eigenvalue weighted by Gasteiger charge is 2.13. The molecule has 3 rings (SSSR count).